The number of carbonyl (C=O) groups excluding carboxylic acids is 1. The largest absolute Gasteiger partial charge is 0.350 e. The molecule has 0 fully saturated rings. The summed E-state index contributed by atoms with van der Waals surface area (Å²) in [4.78, 5) is 21.0. The van der Waals surface area contributed by atoms with Crippen LogP contribution in [0.2, 0.25) is 5.02 Å². The van der Waals surface area contributed by atoms with Gasteiger partial charge in [0.2, 0.25) is 5.95 Å². The molecule has 5 nitrogen and oxygen atoms in total. The third kappa shape index (κ3) is 4.37. The Morgan fingerprint density at radius 1 is 1.12 bits per heavy atom. The first-order valence-electron chi connectivity index (χ1n) is 8.22. The number of aromatic nitrogens is 2. The van der Waals surface area contributed by atoms with Gasteiger partial charge in [0, 0.05) is 23.5 Å². The molecule has 2 aromatic carbocycles. The molecule has 132 valence electrons. The fraction of sp³-hybridized carbons (Fsp3) is 0.150. The maximum absolute atomic E-state index is 12.5. The van der Waals surface area contributed by atoms with Gasteiger partial charge >= 0.3 is 0 Å². The van der Waals surface area contributed by atoms with Crippen LogP contribution < -0.4 is 10.6 Å². The third-order valence-corrected chi connectivity index (χ3v) is 4.29. The van der Waals surface area contributed by atoms with E-state index in [2.05, 4.69) is 20.6 Å². The van der Waals surface area contributed by atoms with E-state index in [9.17, 15) is 4.79 Å². The number of hydrogen-bond donors (Lipinski definition) is 2. The predicted molar refractivity (Wildman–Crippen MR) is 105 cm³/mol. The first-order chi connectivity index (χ1) is 12.5. The van der Waals surface area contributed by atoms with Gasteiger partial charge in [-0.3, -0.25) is 4.79 Å². The molecular weight excluding hydrogens is 348 g/mol. The highest BCUT2D eigenvalue weighted by Crippen LogP contribution is 2.18. The zero-order valence-electron chi connectivity index (χ0n) is 14.6. The number of nitrogens with zero attached hydrogens (tertiary/aromatic N) is 2. The van der Waals surface area contributed by atoms with Crippen molar-refractivity contribution in [1.29, 1.82) is 0 Å². The van der Waals surface area contributed by atoms with E-state index in [1.54, 1.807) is 12.3 Å². The molecule has 0 aliphatic rings. The van der Waals surface area contributed by atoms with Crippen molar-refractivity contribution in [2.24, 2.45) is 0 Å². The number of anilines is 2. The summed E-state index contributed by atoms with van der Waals surface area (Å²) in [6, 6.07) is 15.0. The Kier molecular flexibility index (Phi) is 5.49. The van der Waals surface area contributed by atoms with Gasteiger partial charge in [-0.25, -0.2) is 9.97 Å². The second-order valence-corrected chi connectivity index (χ2v) is 6.39. The third-order valence-electron chi connectivity index (χ3n) is 3.92. The van der Waals surface area contributed by atoms with Gasteiger partial charge in [0.15, 0.2) is 0 Å². The average Bonchev–Trinajstić information content (AvgIpc) is 2.64. The van der Waals surface area contributed by atoms with Crippen LogP contribution in [0.5, 0.6) is 0 Å². The Labute approximate surface area is 157 Å². The van der Waals surface area contributed by atoms with Crippen molar-refractivity contribution in [3.05, 3.63) is 82.1 Å². The minimum absolute atomic E-state index is 0.276. The van der Waals surface area contributed by atoms with Crippen molar-refractivity contribution in [2.45, 2.75) is 20.4 Å². The molecule has 0 atom stereocenters. The van der Waals surface area contributed by atoms with Gasteiger partial charge in [0.25, 0.3) is 5.91 Å². The fourth-order valence-corrected chi connectivity index (χ4v) is 2.65. The maximum Gasteiger partial charge on any atom is 0.274 e. The molecule has 0 aliphatic carbocycles. The molecule has 1 amide bonds. The lowest BCUT2D eigenvalue weighted by molar-refractivity contribution is 0.102. The summed E-state index contributed by atoms with van der Waals surface area (Å²) in [6.07, 6.45) is 1.56. The van der Waals surface area contributed by atoms with Crippen LogP contribution >= 0.6 is 11.6 Å². The number of halogens is 1. The quantitative estimate of drug-likeness (QED) is 0.691. The highest BCUT2D eigenvalue weighted by atomic mass is 35.5. The number of nitrogens with one attached hydrogen (secondary N) is 2. The fourth-order valence-electron chi connectivity index (χ4n) is 2.44. The van der Waals surface area contributed by atoms with E-state index in [0.717, 1.165) is 22.4 Å². The van der Waals surface area contributed by atoms with E-state index < -0.39 is 0 Å². The monoisotopic (exact) mass is 366 g/mol. The first kappa shape index (κ1) is 17.9. The molecule has 0 radical (unpaired) electrons. The Morgan fingerprint density at radius 2 is 1.92 bits per heavy atom. The molecule has 2 N–H and O–H groups in total. The number of aryl methyl sites for hydroxylation is 2. The molecule has 0 unspecified atom stereocenters. The van der Waals surface area contributed by atoms with E-state index in [1.165, 1.54) is 0 Å². The summed E-state index contributed by atoms with van der Waals surface area (Å²) in [7, 11) is 0. The molecule has 3 rings (SSSR count). The van der Waals surface area contributed by atoms with Crippen LogP contribution in [0.3, 0.4) is 0 Å². The standard InChI is InChI=1S/C20H19ClN4O/c1-13-7-8-14(2)18(11-13)24-19(26)17-9-10-22-20(25-17)23-12-15-5-3-4-6-16(15)21/h3-11H,12H2,1-2H3,(H,24,26)(H,22,23,25). The number of rotatable bonds is 5. The van der Waals surface area contributed by atoms with E-state index in [1.807, 2.05) is 56.3 Å². The Morgan fingerprint density at radius 3 is 2.73 bits per heavy atom. The molecule has 1 heterocycles. The number of benzene rings is 2. The topological polar surface area (TPSA) is 66.9 Å². The smallest absolute Gasteiger partial charge is 0.274 e. The van der Waals surface area contributed by atoms with Gasteiger partial charge in [-0.15, -0.1) is 0 Å². The van der Waals surface area contributed by atoms with Crippen molar-refractivity contribution < 1.29 is 4.79 Å². The van der Waals surface area contributed by atoms with Gasteiger partial charge in [0.1, 0.15) is 5.69 Å². The number of amides is 1. The maximum atomic E-state index is 12.5. The summed E-state index contributed by atoms with van der Waals surface area (Å²) < 4.78 is 0. The normalized spacial score (nSPS) is 10.4. The van der Waals surface area contributed by atoms with Gasteiger partial charge in [-0.1, -0.05) is 41.9 Å². The Bertz CT molecular complexity index is 943. The zero-order chi connectivity index (χ0) is 18.5. The summed E-state index contributed by atoms with van der Waals surface area (Å²) in [5.74, 6) is 0.0976. The predicted octanol–water partition coefficient (Wildman–Crippen LogP) is 4.61. The molecule has 0 saturated heterocycles. The van der Waals surface area contributed by atoms with Gasteiger partial charge in [-0.2, -0.15) is 0 Å². The number of hydrogen-bond acceptors (Lipinski definition) is 4. The van der Waals surface area contributed by atoms with Crippen molar-refractivity contribution in [3.63, 3.8) is 0 Å². The summed E-state index contributed by atoms with van der Waals surface area (Å²) in [6.45, 7) is 4.41. The Hall–Kier alpha value is -2.92. The molecule has 0 bridgehead atoms. The first-order valence-corrected chi connectivity index (χ1v) is 8.59. The highest BCUT2D eigenvalue weighted by Gasteiger charge is 2.11. The van der Waals surface area contributed by atoms with Crippen LogP contribution in [0, 0.1) is 13.8 Å². The van der Waals surface area contributed by atoms with Crippen LogP contribution in [0.15, 0.2) is 54.7 Å². The lowest BCUT2D eigenvalue weighted by Gasteiger charge is -2.10. The minimum atomic E-state index is -0.276. The Balaban J connectivity index is 1.71. The molecule has 0 spiro atoms. The molecule has 6 heteroatoms. The zero-order valence-corrected chi connectivity index (χ0v) is 15.3. The van der Waals surface area contributed by atoms with Crippen molar-refractivity contribution in [3.8, 4) is 0 Å². The number of carbonyl (C=O) groups is 1. The van der Waals surface area contributed by atoms with Crippen molar-refractivity contribution in [2.75, 3.05) is 10.6 Å². The van der Waals surface area contributed by atoms with E-state index in [-0.39, 0.29) is 5.91 Å². The van der Waals surface area contributed by atoms with Crippen LogP contribution in [-0.4, -0.2) is 15.9 Å². The van der Waals surface area contributed by atoms with Crippen molar-refractivity contribution >= 4 is 29.1 Å². The minimum Gasteiger partial charge on any atom is -0.350 e. The molecule has 26 heavy (non-hydrogen) atoms. The van der Waals surface area contributed by atoms with E-state index >= 15 is 0 Å². The van der Waals surface area contributed by atoms with Gasteiger partial charge in [0.05, 0.1) is 0 Å². The lowest BCUT2D eigenvalue weighted by atomic mass is 10.1. The summed E-state index contributed by atoms with van der Waals surface area (Å²) >= 11 is 6.15. The molecule has 0 saturated carbocycles. The van der Waals surface area contributed by atoms with Crippen molar-refractivity contribution in [1.82, 2.24) is 9.97 Å². The van der Waals surface area contributed by atoms with Gasteiger partial charge in [-0.05, 0) is 48.7 Å². The molecule has 0 aliphatic heterocycles. The van der Waals surface area contributed by atoms with Crippen LogP contribution in [0.25, 0.3) is 0 Å². The van der Waals surface area contributed by atoms with E-state index in [0.29, 0.717) is 23.2 Å². The molecular formula is C20H19ClN4O. The molecule has 1 aromatic heterocycles. The van der Waals surface area contributed by atoms with Crippen LogP contribution in [-0.2, 0) is 6.54 Å². The van der Waals surface area contributed by atoms with Gasteiger partial charge < -0.3 is 10.6 Å². The second kappa shape index (κ2) is 7.97. The summed E-state index contributed by atoms with van der Waals surface area (Å²) in [5.41, 5.74) is 4.08. The average molecular weight is 367 g/mol. The second-order valence-electron chi connectivity index (χ2n) is 5.98. The highest BCUT2D eigenvalue weighted by molar-refractivity contribution is 6.31. The van der Waals surface area contributed by atoms with Crippen LogP contribution in [0.4, 0.5) is 11.6 Å². The molecule has 3 aromatic rings. The summed E-state index contributed by atoms with van der Waals surface area (Å²) in [5, 5.41) is 6.66. The van der Waals surface area contributed by atoms with E-state index in [4.69, 9.17) is 11.6 Å². The van der Waals surface area contributed by atoms with Crippen LogP contribution in [0.1, 0.15) is 27.2 Å². The SMILES string of the molecule is Cc1ccc(C)c(NC(=O)c2ccnc(NCc3ccccc3Cl)n2)c1. The lowest BCUT2D eigenvalue weighted by Crippen LogP contribution is -2.16.